The van der Waals surface area contributed by atoms with E-state index in [0.29, 0.717) is 0 Å². The summed E-state index contributed by atoms with van der Waals surface area (Å²) in [5.41, 5.74) is 3.74. The number of benzene rings is 2. The van der Waals surface area contributed by atoms with E-state index < -0.39 is 0 Å². The van der Waals surface area contributed by atoms with E-state index in [0.717, 1.165) is 24.4 Å². The lowest BCUT2D eigenvalue weighted by Gasteiger charge is -2.16. The highest BCUT2D eigenvalue weighted by Crippen LogP contribution is 2.38. The second-order valence-corrected chi connectivity index (χ2v) is 4.86. The van der Waals surface area contributed by atoms with Gasteiger partial charge in [-0.25, -0.2) is 0 Å². The predicted molar refractivity (Wildman–Crippen MR) is 73.4 cm³/mol. The van der Waals surface area contributed by atoms with E-state index in [4.69, 9.17) is 9.26 Å². The van der Waals surface area contributed by atoms with Gasteiger partial charge in [-0.15, -0.1) is 0 Å². The maximum atomic E-state index is 5.40. The number of rotatable bonds is 1. The van der Waals surface area contributed by atoms with Crippen LogP contribution in [0.3, 0.4) is 0 Å². The number of hydrogen-bond donors (Lipinski definition) is 0. The Morgan fingerprint density at radius 3 is 3.00 bits per heavy atom. The molecule has 0 saturated heterocycles. The number of hydrogen-bond acceptors (Lipinski definition) is 3. The molecule has 1 aliphatic carbocycles. The van der Waals surface area contributed by atoms with Crippen molar-refractivity contribution in [3.8, 4) is 17.1 Å². The summed E-state index contributed by atoms with van der Waals surface area (Å²) >= 11 is 0. The molecule has 1 heterocycles. The Balaban J connectivity index is 2.01. The summed E-state index contributed by atoms with van der Waals surface area (Å²) in [5.74, 6) is 1.82. The van der Waals surface area contributed by atoms with Crippen LogP contribution in [0.2, 0.25) is 0 Å². The van der Waals surface area contributed by atoms with Gasteiger partial charge in [0.05, 0.1) is 13.3 Å². The summed E-state index contributed by atoms with van der Waals surface area (Å²) < 4.78 is 10.7. The molecule has 2 aromatic carbocycles. The first kappa shape index (κ1) is 10.6. The minimum Gasteiger partial charge on any atom is -0.497 e. The van der Waals surface area contributed by atoms with E-state index in [-0.39, 0.29) is 0 Å². The highest BCUT2D eigenvalue weighted by atomic mass is 16.5. The Morgan fingerprint density at radius 2 is 2.11 bits per heavy atom. The third-order valence-electron chi connectivity index (χ3n) is 3.87. The van der Waals surface area contributed by atoms with Gasteiger partial charge in [0, 0.05) is 11.1 Å². The van der Waals surface area contributed by atoms with Crippen LogP contribution in [0, 0.1) is 0 Å². The molecule has 3 nitrogen and oxygen atoms in total. The smallest absolute Gasteiger partial charge is 0.170 e. The predicted octanol–water partition coefficient (Wildman–Crippen LogP) is 3.60. The minimum atomic E-state index is 0.892. The molecule has 19 heavy (non-hydrogen) atoms. The fraction of sp³-hybridized carbons (Fsp3) is 0.188. The third-order valence-corrected chi connectivity index (χ3v) is 3.87. The summed E-state index contributed by atoms with van der Waals surface area (Å²) in [5, 5.41) is 6.40. The summed E-state index contributed by atoms with van der Waals surface area (Å²) in [4.78, 5) is 0. The second-order valence-electron chi connectivity index (χ2n) is 4.86. The molecule has 1 aliphatic rings. The Kier molecular flexibility index (Phi) is 2.15. The highest BCUT2D eigenvalue weighted by Gasteiger charge is 2.21. The topological polar surface area (TPSA) is 35.3 Å². The van der Waals surface area contributed by atoms with Gasteiger partial charge in [-0.3, -0.25) is 0 Å². The Labute approximate surface area is 110 Å². The van der Waals surface area contributed by atoms with Gasteiger partial charge >= 0.3 is 0 Å². The Hall–Kier alpha value is -2.29. The average molecular weight is 251 g/mol. The van der Waals surface area contributed by atoms with Crippen LogP contribution in [0.15, 0.2) is 41.1 Å². The fourth-order valence-electron chi connectivity index (χ4n) is 2.90. The molecule has 0 radical (unpaired) electrons. The van der Waals surface area contributed by atoms with Crippen molar-refractivity contribution in [3.05, 3.63) is 47.7 Å². The van der Waals surface area contributed by atoms with Crippen molar-refractivity contribution in [2.75, 3.05) is 7.11 Å². The van der Waals surface area contributed by atoms with Crippen LogP contribution < -0.4 is 4.74 Å². The fourth-order valence-corrected chi connectivity index (χ4v) is 2.90. The summed E-state index contributed by atoms with van der Waals surface area (Å²) in [6, 6.07) is 10.5. The van der Waals surface area contributed by atoms with Crippen LogP contribution in [-0.4, -0.2) is 12.3 Å². The van der Waals surface area contributed by atoms with Crippen molar-refractivity contribution in [1.82, 2.24) is 5.16 Å². The van der Waals surface area contributed by atoms with E-state index >= 15 is 0 Å². The number of ether oxygens (including phenoxy) is 1. The number of nitrogens with zero attached hydrogens (tertiary/aromatic N) is 1. The van der Waals surface area contributed by atoms with Crippen LogP contribution >= 0.6 is 0 Å². The van der Waals surface area contributed by atoms with Crippen LogP contribution in [0.4, 0.5) is 0 Å². The quantitative estimate of drug-likeness (QED) is 0.662. The SMILES string of the molecule is COc1ccc2c3c(ccc2c1)-c1oncc1CC3. The minimum absolute atomic E-state index is 0.892. The zero-order chi connectivity index (χ0) is 12.8. The Morgan fingerprint density at radius 1 is 1.16 bits per heavy atom. The first-order chi connectivity index (χ1) is 9.36. The van der Waals surface area contributed by atoms with Crippen LogP contribution in [-0.2, 0) is 12.8 Å². The maximum Gasteiger partial charge on any atom is 0.170 e. The molecular formula is C16H13NO2. The molecule has 1 aromatic heterocycles. The summed E-state index contributed by atoms with van der Waals surface area (Å²) in [6.45, 7) is 0. The lowest BCUT2D eigenvalue weighted by Crippen LogP contribution is -2.02. The molecule has 0 fully saturated rings. The molecule has 0 N–H and O–H groups in total. The Bertz CT molecular complexity index is 774. The van der Waals surface area contributed by atoms with E-state index in [1.165, 1.54) is 27.5 Å². The monoisotopic (exact) mass is 251 g/mol. The summed E-state index contributed by atoms with van der Waals surface area (Å²) in [6.07, 6.45) is 3.86. The van der Waals surface area contributed by atoms with Gasteiger partial charge in [-0.2, -0.15) is 0 Å². The maximum absolute atomic E-state index is 5.40. The second kappa shape index (κ2) is 3.85. The molecular weight excluding hydrogens is 238 g/mol. The molecule has 94 valence electrons. The largest absolute Gasteiger partial charge is 0.497 e. The molecule has 0 atom stereocenters. The number of fused-ring (bicyclic) bond motifs is 5. The molecule has 0 bridgehead atoms. The van der Waals surface area contributed by atoms with Gasteiger partial charge in [0.15, 0.2) is 5.76 Å². The van der Waals surface area contributed by atoms with Crippen molar-refractivity contribution >= 4 is 10.8 Å². The number of aromatic nitrogens is 1. The average Bonchev–Trinajstić information content (AvgIpc) is 2.94. The van der Waals surface area contributed by atoms with E-state index in [9.17, 15) is 0 Å². The van der Waals surface area contributed by atoms with E-state index in [1.807, 2.05) is 12.3 Å². The summed E-state index contributed by atoms with van der Waals surface area (Å²) in [7, 11) is 1.69. The van der Waals surface area contributed by atoms with Crippen LogP contribution in [0.25, 0.3) is 22.1 Å². The first-order valence-electron chi connectivity index (χ1n) is 6.40. The normalized spacial score (nSPS) is 13.1. The van der Waals surface area contributed by atoms with Gasteiger partial charge in [0.25, 0.3) is 0 Å². The van der Waals surface area contributed by atoms with E-state index in [1.54, 1.807) is 7.11 Å². The molecule has 3 heteroatoms. The van der Waals surface area contributed by atoms with Gasteiger partial charge in [0.2, 0.25) is 0 Å². The zero-order valence-corrected chi connectivity index (χ0v) is 10.6. The van der Waals surface area contributed by atoms with Crippen molar-refractivity contribution in [2.24, 2.45) is 0 Å². The van der Waals surface area contributed by atoms with Crippen molar-refractivity contribution < 1.29 is 9.26 Å². The zero-order valence-electron chi connectivity index (χ0n) is 10.6. The van der Waals surface area contributed by atoms with Crippen molar-refractivity contribution in [2.45, 2.75) is 12.8 Å². The van der Waals surface area contributed by atoms with Gasteiger partial charge in [0.1, 0.15) is 5.75 Å². The van der Waals surface area contributed by atoms with Gasteiger partial charge in [-0.1, -0.05) is 23.4 Å². The molecule has 0 unspecified atom stereocenters. The van der Waals surface area contributed by atoms with Crippen molar-refractivity contribution in [3.63, 3.8) is 0 Å². The number of methoxy groups -OCH3 is 1. The molecule has 0 spiro atoms. The van der Waals surface area contributed by atoms with Crippen molar-refractivity contribution in [1.29, 1.82) is 0 Å². The molecule has 0 amide bonds. The highest BCUT2D eigenvalue weighted by molar-refractivity contribution is 5.93. The third kappa shape index (κ3) is 1.48. The van der Waals surface area contributed by atoms with Crippen LogP contribution in [0.5, 0.6) is 5.75 Å². The lowest BCUT2D eigenvalue weighted by atomic mass is 9.87. The first-order valence-corrected chi connectivity index (χ1v) is 6.40. The molecule has 0 saturated carbocycles. The standard InChI is InChI=1S/C16H13NO2/c1-18-12-4-7-13-10(8-12)2-6-15-14(13)5-3-11-9-17-19-16(11)15/h2,4,6-9H,3,5H2,1H3. The lowest BCUT2D eigenvalue weighted by molar-refractivity contribution is 0.415. The number of aryl methyl sites for hydroxylation is 2. The van der Waals surface area contributed by atoms with Crippen LogP contribution in [0.1, 0.15) is 11.1 Å². The molecule has 4 rings (SSSR count). The van der Waals surface area contributed by atoms with E-state index in [2.05, 4.69) is 29.4 Å². The van der Waals surface area contributed by atoms with Gasteiger partial charge < -0.3 is 9.26 Å². The molecule has 0 aliphatic heterocycles. The molecule has 3 aromatic rings. The van der Waals surface area contributed by atoms with Gasteiger partial charge in [-0.05, 0) is 41.3 Å².